The Bertz CT molecular complexity index is 1310. The van der Waals surface area contributed by atoms with Crippen LogP contribution in [-0.2, 0) is 43.1 Å². The predicted octanol–water partition coefficient (Wildman–Crippen LogP) is -0.496. The number of hydrogen-bond donors (Lipinski definition) is 3. The molecule has 178 valence electrons. The number of hydrogen-bond acceptors (Lipinski definition) is 10. The molecule has 1 heterocycles. The van der Waals surface area contributed by atoms with E-state index in [1.165, 1.54) is 0 Å². The highest BCUT2D eigenvalue weighted by molar-refractivity contribution is 7.88. The summed E-state index contributed by atoms with van der Waals surface area (Å²) in [5, 5.41) is 0. The van der Waals surface area contributed by atoms with E-state index in [2.05, 4.69) is 19.7 Å². The maximum Gasteiger partial charge on any atom is 0.294 e. The van der Waals surface area contributed by atoms with Crippen LogP contribution in [0, 0.1) is 0 Å². The van der Waals surface area contributed by atoms with Crippen LogP contribution in [0.1, 0.15) is 23.6 Å². The Morgan fingerprint density at radius 1 is 0.938 bits per heavy atom. The quantitative estimate of drug-likeness (QED) is 0.275. The van der Waals surface area contributed by atoms with Gasteiger partial charge in [0.25, 0.3) is 20.2 Å². The molecule has 16 heteroatoms. The van der Waals surface area contributed by atoms with E-state index in [9.17, 15) is 34.4 Å². The summed E-state index contributed by atoms with van der Waals surface area (Å²) in [5.74, 6) is 0.612. The van der Waals surface area contributed by atoms with Crippen LogP contribution in [0.2, 0.25) is 0 Å². The molecular weight excluding hydrogens is 486 g/mol. The third-order valence-corrected chi connectivity index (χ3v) is 6.55. The molecule has 32 heavy (non-hydrogen) atoms. The summed E-state index contributed by atoms with van der Waals surface area (Å²) in [6, 6.07) is 2.62. The maximum atomic E-state index is 11.7. The van der Waals surface area contributed by atoms with Gasteiger partial charge in [0, 0.05) is 33.5 Å². The number of aromatic nitrogens is 3. The number of benzene rings is 1. The number of rotatable bonds is 10. The second kappa shape index (κ2) is 9.72. The molecule has 0 bridgehead atoms. The Morgan fingerprint density at radius 2 is 1.56 bits per heavy atom. The highest BCUT2D eigenvalue weighted by atomic mass is 32.2. The van der Waals surface area contributed by atoms with Gasteiger partial charge in [0.15, 0.2) is 0 Å². The smallest absolute Gasteiger partial charge is 0.294 e. The number of nitrogens with zero attached hydrogens (tertiary/aromatic N) is 4. The van der Waals surface area contributed by atoms with Crippen LogP contribution in [-0.4, -0.2) is 76.2 Å². The molecule has 13 nitrogen and oxygen atoms in total. The summed E-state index contributed by atoms with van der Waals surface area (Å²) in [4.78, 5) is 13.2. The minimum Gasteiger partial charge on any atom is -0.347 e. The van der Waals surface area contributed by atoms with E-state index < -0.39 is 40.1 Å². The van der Waals surface area contributed by atoms with Gasteiger partial charge >= 0.3 is 0 Å². The van der Waals surface area contributed by atoms with Crippen LogP contribution in [0.3, 0.4) is 0 Å². The standard InChI is InChI=1S/C16H23N5O8S3/c1-21(2)16-19-14(5-4-8-17-30(3,22)23)18-15(20-16)10-11-9-12(31(24,25)26)6-7-13(11)32(27,28)29/h6-7,9,17H,4-5,8,10H2,1-3H3,(H,24,25,26)(H,27,28,29). The third kappa shape index (κ3) is 7.72. The van der Waals surface area contributed by atoms with Crippen LogP contribution in [0.5, 0.6) is 0 Å². The molecule has 1 aromatic heterocycles. The second-order valence-corrected chi connectivity index (χ2v) is 11.7. The third-order valence-electron chi connectivity index (χ3n) is 4.01. The lowest BCUT2D eigenvalue weighted by atomic mass is 10.1. The molecular formula is C16H23N5O8S3. The summed E-state index contributed by atoms with van der Waals surface area (Å²) in [6.07, 6.45) is 1.38. The molecule has 0 radical (unpaired) electrons. The lowest BCUT2D eigenvalue weighted by molar-refractivity contribution is 0.477. The fraction of sp³-hybridized carbons (Fsp3) is 0.438. The molecule has 0 aliphatic rings. The molecule has 0 aliphatic heterocycles. The molecule has 0 amide bonds. The SMILES string of the molecule is CN(C)c1nc(CCCNS(C)(=O)=O)nc(Cc2cc(S(=O)(=O)O)ccc2S(=O)(=O)O)n1. The summed E-state index contributed by atoms with van der Waals surface area (Å²) in [5.41, 5.74) is -0.150. The lowest BCUT2D eigenvalue weighted by Crippen LogP contribution is -2.23. The minimum absolute atomic E-state index is 0.0761. The Morgan fingerprint density at radius 3 is 2.09 bits per heavy atom. The van der Waals surface area contributed by atoms with Crippen molar-refractivity contribution in [3.63, 3.8) is 0 Å². The Kier molecular flexibility index (Phi) is 7.90. The van der Waals surface area contributed by atoms with E-state index in [0.717, 1.165) is 24.5 Å². The predicted molar refractivity (Wildman–Crippen MR) is 114 cm³/mol. The van der Waals surface area contributed by atoms with Gasteiger partial charge in [0.05, 0.1) is 16.0 Å². The molecule has 0 spiro atoms. The highest BCUT2D eigenvalue weighted by Crippen LogP contribution is 2.23. The zero-order valence-electron chi connectivity index (χ0n) is 17.4. The average Bonchev–Trinajstić information content (AvgIpc) is 2.62. The fourth-order valence-corrected chi connectivity index (χ4v) is 4.37. The largest absolute Gasteiger partial charge is 0.347 e. The van der Waals surface area contributed by atoms with Crippen molar-refractivity contribution < 1.29 is 34.4 Å². The molecule has 1 aromatic carbocycles. The van der Waals surface area contributed by atoms with Crippen LogP contribution in [0.4, 0.5) is 5.95 Å². The molecule has 0 unspecified atom stereocenters. The van der Waals surface area contributed by atoms with Gasteiger partial charge < -0.3 is 4.90 Å². The summed E-state index contributed by atoms with van der Waals surface area (Å²) < 4.78 is 89.8. The van der Waals surface area contributed by atoms with E-state index in [-0.39, 0.29) is 36.7 Å². The summed E-state index contributed by atoms with van der Waals surface area (Å²) >= 11 is 0. The number of nitrogens with one attached hydrogen (secondary N) is 1. The topological polar surface area (TPSA) is 197 Å². The molecule has 0 saturated carbocycles. The summed E-state index contributed by atoms with van der Waals surface area (Å²) in [7, 11) is -9.36. The van der Waals surface area contributed by atoms with Crippen molar-refractivity contribution in [2.45, 2.75) is 29.1 Å². The normalized spacial score (nSPS) is 12.7. The average molecular weight is 510 g/mol. The van der Waals surface area contributed by atoms with Gasteiger partial charge in [0.2, 0.25) is 16.0 Å². The van der Waals surface area contributed by atoms with Gasteiger partial charge in [0.1, 0.15) is 11.6 Å². The van der Waals surface area contributed by atoms with Crippen molar-refractivity contribution in [1.82, 2.24) is 19.7 Å². The number of anilines is 1. The van der Waals surface area contributed by atoms with Crippen molar-refractivity contribution >= 4 is 36.2 Å². The van der Waals surface area contributed by atoms with Crippen molar-refractivity contribution in [3.05, 3.63) is 35.4 Å². The molecule has 0 atom stereocenters. The van der Waals surface area contributed by atoms with E-state index in [1.54, 1.807) is 19.0 Å². The van der Waals surface area contributed by atoms with Crippen LogP contribution in [0.15, 0.2) is 28.0 Å². The molecule has 0 aliphatic carbocycles. The molecule has 0 fully saturated rings. The van der Waals surface area contributed by atoms with Gasteiger partial charge in [-0.3, -0.25) is 9.11 Å². The highest BCUT2D eigenvalue weighted by Gasteiger charge is 2.21. The van der Waals surface area contributed by atoms with Gasteiger partial charge in [-0.25, -0.2) is 18.1 Å². The zero-order valence-corrected chi connectivity index (χ0v) is 19.9. The number of aryl methyl sites for hydroxylation is 1. The van der Waals surface area contributed by atoms with Gasteiger partial charge in [-0.2, -0.15) is 26.8 Å². The van der Waals surface area contributed by atoms with E-state index in [0.29, 0.717) is 12.2 Å². The lowest BCUT2D eigenvalue weighted by Gasteiger charge is -2.14. The van der Waals surface area contributed by atoms with Crippen molar-refractivity contribution in [1.29, 1.82) is 0 Å². The first kappa shape index (κ1) is 26.0. The van der Waals surface area contributed by atoms with Crippen LogP contribution in [0.25, 0.3) is 0 Å². The second-order valence-electron chi connectivity index (χ2n) is 7.03. The van der Waals surface area contributed by atoms with E-state index >= 15 is 0 Å². The summed E-state index contributed by atoms with van der Waals surface area (Å²) in [6.45, 7) is 0.153. The van der Waals surface area contributed by atoms with Crippen molar-refractivity contribution in [3.8, 4) is 0 Å². The minimum atomic E-state index is -4.71. The van der Waals surface area contributed by atoms with Crippen LogP contribution >= 0.6 is 0 Å². The Balaban J connectivity index is 2.44. The first-order chi connectivity index (χ1) is 14.6. The molecule has 3 N–H and O–H groups in total. The van der Waals surface area contributed by atoms with Crippen molar-refractivity contribution in [2.75, 3.05) is 31.8 Å². The monoisotopic (exact) mass is 509 g/mol. The molecule has 0 saturated heterocycles. The van der Waals surface area contributed by atoms with Gasteiger partial charge in [-0.15, -0.1) is 0 Å². The zero-order chi connectivity index (χ0) is 24.3. The fourth-order valence-electron chi connectivity index (χ4n) is 2.63. The van der Waals surface area contributed by atoms with E-state index in [1.807, 2.05) is 0 Å². The van der Waals surface area contributed by atoms with E-state index in [4.69, 9.17) is 0 Å². The first-order valence-corrected chi connectivity index (χ1v) is 13.8. The van der Waals surface area contributed by atoms with Crippen LogP contribution < -0.4 is 9.62 Å². The maximum absolute atomic E-state index is 11.7. The van der Waals surface area contributed by atoms with Crippen molar-refractivity contribution in [2.24, 2.45) is 0 Å². The number of sulfonamides is 1. The van der Waals surface area contributed by atoms with Gasteiger partial charge in [-0.1, -0.05) is 0 Å². The van der Waals surface area contributed by atoms with Gasteiger partial charge in [-0.05, 0) is 30.2 Å². The Labute approximate surface area is 186 Å². The first-order valence-electron chi connectivity index (χ1n) is 9.00. The molecule has 2 aromatic rings. The molecule has 2 rings (SSSR count). The Hall–Kier alpha value is -2.24.